The van der Waals surface area contributed by atoms with E-state index in [1.165, 1.54) is 12.1 Å². The van der Waals surface area contributed by atoms with Gasteiger partial charge in [-0.25, -0.2) is 0 Å². The zero-order valence-electron chi connectivity index (χ0n) is 7.31. The van der Waals surface area contributed by atoms with Crippen LogP contribution in [-0.2, 0) is 6.42 Å². The Morgan fingerprint density at radius 1 is 1.40 bits per heavy atom. The topological polar surface area (TPSA) is 33.0 Å². The molecule has 15 heavy (non-hydrogen) atoms. The summed E-state index contributed by atoms with van der Waals surface area (Å²) in [6.07, 6.45) is -0.0149. The largest absolute Gasteiger partial charge is 0.433 e. The number of ether oxygens (including phenoxy) is 1. The molecule has 0 N–H and O–H groups in total. The fourth-order valence-corrected chi connectivity index (χ4v) is 1.47. The number of hydrogen-bond donors (Lipinski definition) is 0. The highest BCUT2D eigenvalue weighted by atomic mass is 35.5. The SMILES string of the molecule is N#CCc1cc(Cl)cc(OC(F)F)c1Cl. The van der Waals surface area contributed by atoms with Crippen molar-refractivity contribution in [3.8, 4) is 11.8 Å². The van der Waals surface area contributed by atoms with Gasteiger partial charge in [-0.3, -0.25) is 0 Å². The van der Waals surface area contributed by atoms with Crippen LogP contribution < -0.4 is 4.74 Å². The average Bonchev–Trinajstić information content (AvgIpc) is 2.12. The summed E-state index contributed by atoms with van der Waals surface area (Å²) in [6.45, 7) is -2.98. The minimum absolute atomic E-state index is 0.0127. The fourth-order valence-electron chi connectivity index (χ4n) is 1.01. The van der Waals surface area contributed by atoms with Gasteiger partial charge in [0.2, 0.25) is 0 Å². The molecule has 0 radical (unpaired) electrons. The van der Waals surface area contributed by atoms with E-state index in [0.29, 0.717) is 5.56 Å². The van der Waals surface area contributed by atoms with Crippen LogP contribution in [0.25, 0.3) is 0 Å². The lowest BCUT2D eigenvalue weighted by Gasteiger charge is -2.09. The summed E-state index contributed by atoms with van der Waals surface area (Å²) in [5.41, 5.74) is 0.363. The number of rotatable bonds is 3. The molecule has 0 aromatic heterocycles. The second-order valence-corrected chi connectivity index (χ2v) is 3.40. The molecule has 0 atom stereocenters. The molecule has 80 valence electrons. The molecule has 1 aromatic carbocycles. The van der Waals surface area contributed by atoms with E-state index in [1.807, 2.05) is 6.07 Å². The maximum atomic E-state index is 12.0. The highest BCUT2D eigenvalue weighted by Gasteiger charge is 2.13. The Balaban J connectivity index is 3.11. The van der Waals surface area contributed by atoms with Gasteiger partial charge in [0.15, 0.2) is 0 Å². The van der Waals surface area contributed by atoms with Gasteiger partial charge in [0.25, 0.3) is 0 Å². The van der Waals surface area contributed by atoms with Gasteiger partial charge in [0, 0.05) is 11.1 Å². The third kappa shape index (κ3) is 3.22. The standard InChI is InChI=1S/C9H5Cl2F2NO/c10-6-3-5(1-2-14)8(11)7(4-6)15-9(12)13/h3-4,9H,1H2. The molecular weight excluding hydrogens is 247 g/mol. The van der Waals surface area contributed by atoms with Crippen LogP contribution in [0.5, 0.6) is 5.75 Å². The van der Waals surface area contributed by atoms with Gasteiger partial charge in [-0.05, 0) is 11.6 Å². The lowest BCUT2D eigenvalue weighted by molar-refractivity contribution is -0.0498. The monoisotopic (exact) mass is 251 g/mol. The molecule has 0 saturated heterocycles. The van der Waals surface area contributed by atoms with Gasteiger partial charge in [0.05, 0.1) is 17.5 Å². The molecule has 0 aliphatic carbocycles. The summed E-state index contributed by atoms with van der Waals surface area (Å²) in [5, 5.41) is 8.65. The predicted octanol–water partition coefficient (Wildman–Crippen LogP) is 3.66. The lowest BCUT2D eigenvalue weighted by Crippen LogP contribution is -2.03. The van der Waals surface area contributed by atoms with Crippen molar-refractivity contribution in [1.29, 1.82) is 5.26 Å². The summed E-state index contributed by atoms with van der Waals surface area (Å²) in [7, 11) is 0. The molecule has 0 fully saturated rings. The maximum Gasteiger partial charge on any atom is 0.387 e. The van der Waals surface area contributed by atoms with Crippen molar-refractivity contribution in [3.63, 3.8) is 0 Å². The molecule has 1 aromatic rings. The van der Waals surface area contributed by atoms with Crippen LogP contribution in [-0.4, -0.2) is 6.61 Å². The second-order valence-electron chi connectivity index (χ2n) is 2.59. The molecule has 0 bridgehead atoms. The molecule has 0 amide bonds. The van der Waals surface area contributed by atoms with Crippen LogP contribution in [0, 0.1) is 11.3 Å². The highest BCUT2D eigenvalue weighted by Crippen LogP contribution is 2.33. The van der Waals surface area contributed by atoms with Crippen molar-refractivity contribution < 1.29 is 13.5 Å². The first-order valence-electron chi connectivity index (χ1n) is 3.84. The van der Waals surface area contributed by atoms with Gasteiger partial charge < -0.3 is 4.74 Å². The minimum atomic E-state index is -2.98. The van der Waals surface area contributed by atoms with Gasteiger partial charge in [-0.2, -0.15) is 14.0 Å². The maximum absolute atomic E-state index is 12.0. The van der Waals surface area contributed by atoms with E-state index in [0.717, 1.165) is 0 Å². The summed E-state index contributed by atoms with van der Waals surface area (Å²) in [4.78, 5) is 0. The van der Waals surface area contributed by atoms with Crippen molar-refractivity contribution >= 4 is 23.2 Å². The molecule has 2 nitrogen and oxygen atoms in total. The number of nitrogens with zero attached hydrogens (tertiary/aromatic N) is 1. The van der Waals surface area contributed by atoms with Gasteiger partial charge >= 0.3 is 6.61 Å². The Morgan fingerprint density at radius 2 is 2.07 bits per heavy atom. The van der Waals surface area contributed by atoms with Crippen molar-refractivity contribution in [2.24, 2.45) is 0 Å². The fraction of sp³-hybridized carbons (Fsp3) is 0.222. The van der Waals surface area contributed by atoms with Crippen LogP contribution >= 0.6 is 23.2 Å². The van der Waals surface area contributed by atoms with Crippen LogP contribution in [0.1, 0.15) is 5.56 Å². The van der Waals surface area contributed by atoms with E-state index in [2.05, 4.69) is 4.74 Å². The molecular formula is C9H5Cl2F2NO. The zero-order chi connectivity index (χ0) is 11.4. The Hall–Kier alpha value is -1.05. The smallest absolute Gasteiger partial charge is 0.387 e. The first-order valence-corrected chi connectivity index (χ1v) is 4.60. The highest BCUT2D eigenvalue weighted by molar-refractivity contribution is 6.34. The van der Waals surface area contributed by atoms with Gasteiger partial charge in [-0.15, -0.1) is 0 Å². The van der Waals surface area contributed by atoms with E-state index in [1.54, 1.807) is 0 Å². The number of benzene rings is 1. The van der Waals surface area contributed by atoms with Crippen LogP contribution in [0.2, 0.25) is 10.0 Å². The quantitative estimate of drug-likeness (QED) is 0.822. The number of alkyl halides is 2. The van der Waals surface area contributed by atoms with Crippen molar-refractivity contribution in [2.75, 3.05) is 0 Å². The van der Waals surface area contributed by atoms with Crippen LogP contribution in [0.4, 0.5) is 8.78 Å². The van der Waals surface area contributed by atoms with Crippen molar-refractivity contribution in [1.82, 2.24) is 0 Å². The number of hydrogen-bond acceptors (Lipinski definition) is 2. The molecule has 1 rings (SSSR count). The zero-order valence-corrected chi connectivity index (χ0v) is 8.82. The molecule has 0 spiro atoms. The van der Waals surface area contributed by atoms with Crippen molar-refractivity contribution in [2.45, 2.75) is 13.0 Å². The summed E-state index contributed by atoms with van der Waals surface area (Å²) < 4.78 is 28.1. The number of halogens is 4. The lowest BCUT2D eigenvalue weighted by atomic mass is 10.1. The number of nitriles is 1. The molecule has 6 heteroatoms. The van der Waals surface area contributed by atoms with Gasteiger partial charge in [0.1, 0.15) is 5.75 Å². The minimum Gasteiger partial charge on any atom is -0.433 e. The third-order valence-corrected chi connectivity index (χ3v) is 2.21. The Bertz CT molecular complexity index is 404. The van der Waals surface area contributed by atoms with E-state index in [9.17, 15) is 8.78 Å². The molecule has 0 saturated carbocycles. The van der Waals surface area contributed by atoms with E-state index < -0.39 is 6.61 Å². The summed E-state index contributed by atoms with van der Waals surface area (Å²) in [6, 6.07) is 4.46. The third-order valence-electron chi connectivity index (χ3n) is 1.56. The predicted molar refractivity (Wildman–Crippen MR) is 52.4 cm³/mol. The molecule has 0 aliphatic heterocycles. The van der Waals surface area contributed by atoms with Crippen LogP contribution in [0.15, 0.2) is 12.1 Å². The van der Waals surface area contributed by atoms with Crippen LogP contribution in [0.3, 0.4) is 0 Å². The van der Waals surface area contributed by atoms with Crippen molar-refractivity contribution in [3.05, 3.63) is 27.7 Å². The molecule has 0 heterocycles. The van der Waals surface area contributed by atoms with E-state index in [4.69, 9.17) is 28.5 Å². The first kappa shape index (κ1) is 12.0. The summed E-state index contributed by atoms with van der Waals surface area (Å²) in [5.74, 6) is -0.218. The Kier molecular flexibility index (Phi) is 4.13. The average molecular weight is 252 g/mol. The van der Waals surface area contributed by atoms with E-state index in [-0.39, 0.29) is 22.2 Å². The Morgan fingerprint density at radius 3 is 2.60 bits per heavy atom. The normalized spacial score (nSPS) is 10.1. The second kappa shape index (κ2) is 5.15. The summed E-state index contributed by atoms with van der Waals surface area (Å²) >= 11 is 11.4. The molecule has 0 unspecified atom stereocenters. The Labute approximate surface area is 95.0 Å². The van der Waals surface area contributed by atoms with Gasteiger partial charge in [-0.1, -0.05) is 23.2 Å². The molecule has 0 aliphatic rings. The first-order chi connectivity index (χ1) is 7.04. The van der Waals surface area contributed by atoms with E-state index >= 15 is 0 Å².